The summed E-state index contributed by atoms with van der Waals surface area (Å²) in [5.74, 6) is 1.68. The highest BCUT2D eigenvalue weighted by molar-refractivity contribution is 7.18. The molecule has 4 rings (SSSR count). The summed E-state index contributed by atoms with van der Waals surface area (Å²) in [6.45, 7) is 2.89. The molecule has 0 spiro atoms. The second kappa shape index (κ2) is 6.10. The number of anilines is 1. The third-order valence-corrected chi connectivity index (χ3v) is 5.38. The van der Waals surface area contributed by atoms with Gasteiger partial charge in [0, 0.05) is 15.3 Å². The molecule has 0 aliphatic heterocycles. The van der Waals surface area contributed by atoms with Gasteiger partial charge < -0.3 is 5.32 Å². The van der Waals surface area contributed by atoms with Crippen molar-refractivity contribution in [1.29, 1.82) is 0 Å². The van der Waals surface area contributed by atoms with Gasteiger partial charge in [-0.25, -0.2) is 9.97 Å². The lowest BCUT2D eigenvalue weighted by atomic mass is 10.2. The average molecular weight is 337 g/mol. The summed E-state index contributed by atoms with van der Waals surface area (Å²) in [7, 11) is 0. The Hall–Kier alpha value is -2.24. The number of benzene rings is 1. The highest BCUT2D eigenvalue weighted by Crippen LogP contribution is 2.31. The Kier molecular flexibility index (Phi) is 3.81. The van der Waals surface area contributed by atoms with Crippen LogP contribution in [0.3, 0.4) is 0 Å². The van der Waals surface area contributed by atoms with Crippen LogP contribution in [-0.4, -0.2) is 9.97 Å². The standard InChI is InChI=1S/C18H15N3S2/c1-12-10-15-17(19-11-14-8-5-9-22-14)20-16(21-18(15)23-12)13-6-3-2-4-7-13/h2-10H,11H2,1H3,(H,19,20,21). The molecular weight excluding hydrogens is 322 g/mol. The number of nitrogens with one attached hydrogen (secondary N) is 1. The van der Waals surface area contributed by atoms with Crippen molar-refractivity contribution in [2.24, 2.45) is 0 Å². The first-order chi connectivity index (χ1) is 11.3. The van der Waals surface area contributed by atoms with Crippen LogP contribution in [0.15, 0.2) is 53.9 Å². The molecule has 0 atom stereocenters. The molecule has 0 saturated heterocycles. The first-order valence-electron chi connectivity index (χ1n) is 7.39. The molecule has 23 heavy (non-hydrogen) atoms. The summed E-state index contributed by atoms with van der Waals surface area (Å²) < 4.78 is 0. The fourth-order valence-electron chi connectivity index (χ4n) is 2.48. The maximum absolute atomic E-state index is 4.77. The SMILES string of the molecule is Cc1cc2c(NCc3cccs3)nc(-c3ccccc3)nc2s1. The highest BCUT2D eigenvalue weighted by atomic mass is 32.1. The minimum Gasteiger partial charge on any atom is -0.365 e. The molecule has 3 aromatic heterocycles. The normalized spacial score (nSPS) is 11.0. The Morgan fingerprint density at radius 2 is 1.91 bits per heavy atom. The number of nitrogens with zero attached hydrogens (tertiary/aromatic N) is 2. The molecule has 5 heteroatoms. The molecular formula is C18H15N3S2. The Morgan fingerprint density at radius 3 is 2.70 bits per heavy atom. The fraction of sp³-hybridized carbons (Fsp3) is 0.111. The van der Waals surface area contributed by atoms with E-state index in [4.69, 9.17) is 9.97 Å². The van der Waals surface area contributed by atoms with Crippen molar-refractivity contribution in [2.75, 3.05) is 5.32 Å². The summed E-state index contributed by atoms with van der Waals surface area (Å²) in [6.07, 6.45) is 0. The predicted molar refractivity (Wildman–Crippen MR) is 99.2 cm³/mol. The van der Waals surface area contributed by atoms with Gasteiger partial charge in [-0.05, 0) is 24.4 Å². The van der Waals surface area contributed by atoms with Crippen LogP contribution in [0.1, 0.15) is 9.75 Å². The average Bonchev–Trinajstić information content (AvgIpc) is 3.21. The second-order valence-electron chi connectivity index (χ2n) is 5.27. The lowest BCUT2D eigenvalue weighted by molar-refractivity contribution is 1.13. The molecule has 1 aromatic carbocycles. The molecule has 1 N–H and O–H groups in total. The van der Waals surface area contributed by atoms with Gasteiger partial charge >= 0.3 is 0 Å². The Labute approximate surface area is 142 Å². The van der Waals surface area contributed by atoms with Gasteiger partial charge in [-0.15, -0.1) is 22.7 Å². The summed E-state index contributed by atoms with van der Waals surface area (Å²) in [5, 5.41) is 6.67. The van der Waals surface area contributed by atoms with Crippen LogP contribution in [0.5, 0.6) is 0 Å². The molecule has 4 aromatic rings. The maximum Gasteiger partial charge on any atom is 0.163 e. The van der Waals surface area contributed by atoms with Crippen LogP contribution in [0, 0.1) is 6.92 Å². The van der Waals surface area contributed by atoms with E-state index in [2.05, 4.69) is 35.8 Å². The van der Waals surface area contributed by atoms with Crippen molar-refractivity contribution in [3.8, 4) is 11.4 Å². The zero-order chi connectivity index (χ0) is 15.6. The molecule has 0 aliphatic rings. The van der Waals surface area contributed by atoms with Crippen molar-refractivity contribution in [2.45, 2.75) is 13.5 Å². The topological polar surface area (TPSA) is 37.8 Å². The van der Waals surface area contributed by atoms with Gasteiger partial charge in [0.05, 0.1) is 11.9 Å². The number of aromatic nitrogens is 2. The predicted octanol–water partition coefficient (Wildman–Crippen LogP) is 5.34. The van der Waals surface area contributed by atoms with Crippen molar-refractivity contribution in [3.05, 3.63) is 63.7 Å². The van der Waals surface area contributed by atoms with Gasteiger partial charge in [-0.2, -0.15) is 0 Å². The monoisotopic (exact) mass is 337 g/mol. The molecule has 3 heterocycles. The van der Waals surface area contributed by atoms with E-state index in [9.17, 15) is 0 Å². The third-order valence-electron chi connectivity index (χ3n) is 3.56. The fourth-order valence-corrected chi connectivity index (χ4v) is 4.00. The summed E-state index contributed by atoms with van der Waals surface area (Å²) in [4.78, 5) is 13.1. The van der Waals surface area contributed by atoms with Crippen LogP contribution in [0.2, 0.25) is 0 Å². The molecule has 0 fully saturated rings. The third kappa shape index (κ3) is 2.98. The Bertz CT molecular complexity index is 928. The van der Waals surface area contributed by atoms with Crippen LogP contribution >= 0.6 is 22.7 Å². The highest BCUT2D eigenvalue weighted by Gasteiger charge is 2.11. The molecule has 0 aliphatic carbocycles. The summed E-state index contributed by atoms with van der Waals surface area (Å²) >= 11 is 3.46. The molecule has 0 saturated carbocycles. The summed E-state index contributed by atoms with van der Waals surface area (Å²) in [6, 6.07) is 16.5. The zero-order valence-electron chi connectivity index (χ0n) is 12.6. The summed E-state index contributed by atoms with van der Waals surface area (Å²) in [5.41, 5.74) is 1.04. The van der Waals surface area contributed by atoms with Crippen molar-refractivity contribution >= 4 is 38.7 Å². The smallest absolute Gasteiger partial charge is 0.163 e. The van der Waals surface area contributed by atoms with Gasteiger partial charge in [0.25, 0.3) is 0 Å². The van der Waals surface area contributed by atoms with E-state index < -0.39 is 0 Å². The first-order valence-corrected chi connectivity index (χ1v) is 9.09. The minimum absolute atomic E-state index is 0.772. The number of hydrogen-bond donors (Lipinski definition) is 1. The zero-order valence-corrected chi connectivity index (χ0v) is 14.2. The van der Waals surface area contributed by atoms with Gasteiger partial charge in [-0.3, -0.25) is 0 Å². The van der Waals surface area contributed by atoms with Crippen LogP contribution in [-0.2, 0) is 6.54 Å². The van der Waals surface area contributed by atoms with Crippen LogP contribution in [0.4, 0.5) is 5.82 Å². The number of aryl methyl sites for hydroxylation is 1. The lowest BCUT2D eigenvalue weighted by Gasteiger charge is -2.08. The molecule has 114 valence electrons. The van der Waals surface area contributed by atoms with Gasteiger partial charge in [0.1, 0.15) is 10.6 Å². The van der Waals surface area contributed by atoms with E-state index >= 15 is 0 Å². The van der Waals surface area contributed by atoms with Crippen molar-refractivity contribution in [3.63, 3.8) is 0 Å². The van der Waals surface area contributed by atoms with Crippen LogP contribution < -0.4 is 5.32 Å². The molecule has 3 nitrogen and oxygen atoms in total. The van der Waals surface area contributed by atoms with Crippen molar-refractivity contribution < 1.29 is 0 Å². The Balaban J connectivity index is 1.77. The molecule has 0 bridgehead atoms. The van der Waals surface area contributed by atoms with E-state index in [0.29, 0.717) is 0 Å². The maximum atomic E-state index is 4.77. The molecule has 0 radical (unpaired) electrons. The van der Waals surface area contributed by atoms with Crippen LogP contribution in [0.25, 0.3) is 21.6 Å². The van der Waals surface area contributed by atoms with Gasteiger partial charge in [-0.1, -0.05) is 36.4 Å². The first kappa shape index (κ1) is 14.4. The van der Waals surface area contributed by atoms with Crippen molar-refractivity contribution in [1.82, 2.24) is 9.97 Å². The molecule has 0 unspecified atom stereocenters. The number of fused-ring (bicyclic) bond motifs is 1. The second-order valence-corrected chi connectivity index (χ2v) is 7.54. The number of hydrogen-bond acceptors (Lipinski definition) is 5. The van der Waals surface area contributed by atoms with E-state index in [1.807, 2.05) is 30.3 Å². The Morgan fingerprint density at radius 1 is 1.04 bits per heavy atom. The number of thiophene rings is 2. The molecule has 0 amide bonds. The van der Waals surface area contributed by atoms with E-state index in [1.165, 1.54) is 9.75 Å². The quantitative estimate of drug-likeness (QED) is 0.546. The van der Waals surface area contributed by atoms with E-state index in [-0.39, 0.29) is 0 Å². The minimum atomic E-state index is 0.772. The van der Waals surface area contributed by atoms with E-state index in [1.54, 1.807) is 22.7 Å². The van der Waals surface area contributed by atoms with Gasteiger partial charge in [0.2, 0.25) is 0 Å². The van der Waals surface area contributed by atoms with E-state index in [0.717, 1.165) is 34.0 Å². The lowest BCUT2D eigenvalue weighted by Crippen LogP contribution is -2.02. The number of rotatable bonds is 4. The van der Waals surface area contributed by atoms with Gasteiger partial charge in [0.15, 0.2) is 5.82 Å². The largest absolute Gasteiger partial charge is 0.365 e.